The van der Waals surface area contributed by atoms with Crippen LogP contribution in [0, 0.1) is 45.3 Å². The number of carbonyl (C=O) groups is 1. The average Bonchev–Trinajstić information content (AvgIpc) is 3.95. The molecule has 1 saturated heterocycles. The number of benzene rings is 1. The number of carboxylic acids is 1. The van der Waals surface area contributed by atoms with Gasteiger partial charge >= 0.3 is 5.97 Å². The summed E-state index contributed by atoms with van der Waals surface area (Å²) in [4.78, 5) is 19.2. The summed E-state index contributed by atoms with van der Waals surface area (Å²) in [7, 11) is 0.669. The van der Waals surface area contributed by atoms with Gasteiger partial charge in [-0.2, -0.15) is 0 Å². The van der Waals surface area contributed by atoms with Crippen molar-refractivity contribution in [1.82, 2.24) is 10.2 Å². The summed E-state index contributed by atoms with van der Waals surface area (Å²) in [5.41, 5.74) is 1.96. The van der Waals surface area contributed by atoms with E-state index in [-0.39, 0.29) is 44.6 Å². The molecule has 1 aromatic carbocycles. The molecule has 4 fully saturated rings. The van der Waals surface area contributed by atoms with Crippen molar-refractivity contribution in [3.63, 3.8) is 0 Å². The Hall–Kier alpha value is -2.11. The molecule has 10 unspecified atom stereocenters. The highest BCUT2D eigenvalue weighted by Gasteiger charge is 2.74. The van der Waals surface area contributed by atoms with Crippen LogP contribution in [0.1, 0.15) is 116 Å². The topological polar surface area (TPSA) is 118 Å². The monoisotopic (exact) mass is 779 g/mol. The third-order valence-corrected chi connectivity index (χ3v) is 19.2. The van der Waals surface area contributed by atoms with Crippen LogP contribution in [-0.2, 0) is 19.3 Å². The first-order valence-corrected chi connectivity index (χ1v) is 23.0. The minimum atomic E-state index is -2.92. The van der Waals surface area contributed by atoms with Gasteiger partial charge in [0.2, 0.25) is 0 Å². The zero-order valence-electron chi connectivity index (χ0n) is 35.2. The molecule has 0 aromatic heterocycles. The summed E-state index contributed by atoms with van der Waals surface area (Å²) in [6.07, 6.45) is 13.7. The number of sulfone groups is 1. The number of aliphatic imine (C=N–C) groups is 1. The first kappa shape index (κ1) is 41.1. The van der Waals surface area contributed by atoms with Crippen molar-refractivity contribution in [2.24, 2.45) is 50.3 Å². The van der Waals surface area contributed by atoms with Crippen LogP contribution < -0.4 is 5.32 Å². The zero-order chi connectivity index (χ0) is 39.9. The van der Waals surface area contributed by atoms with Crippen LogP contribution >= 0.6 is 0 Å². The Morgan fingerprint density at radius 1 is 0.982 bits per heavy atom. The van der Waals surface area contributed by atoms with Gasteiger partial charge in [0.15, 0.2) is 9.84 Å². The van der Waals surface area contributed by atoms with Gasteiger partial charge < -0.3 is 24.8 Å². The molecule has 0 amide bonds. The van der Waals surface area contributed by atoms with Crippen molar-refractivity contribution in [2.45, 2.75) is 117 Å². The summed E-state index contributed by atoms with van der Waals surface area (Å²) in [5.74, 6) is 1.37. The Balaban J connectivity index is 1.22. The number of ether oxygens (including phenoxy) is 2. The second-order valence-electron chi connectivity index (χ2n) is 20.0. The lowest BCUT2D eigenvalue weighted by Gasteiger charge is -2.73. The molecule has 2 N–H and O–H groups in total. The summed E-state index contributed by atoms with van der Waals surface area (Å²) in [5, 5.41) is 13.8. The molecule has 55 heavy (non-hydrogen) atoms. The van der Waals surface area contributed by atoms with Gasteiger partial charge in [0, 0.05) is 58.1 Å². The molecule has 9 nitrogen and oxygen atoms in total. The highest BCUT2D eigenvalue weighted by Crippen LogP contribution is 2.76. The molecule has 306 valence electrons. The predicted octanol–water partition coefficient (Wildman–Crippen LogP) is 7.41. The largest absolute Gasteiger partial charge is 0.478 e. The molecule has 4 aliphatic carbocycles. The van der Waals surface area contributed by atoms with Crippen LogP contribution in [0.15, 0.2) is 35.3 Å². The molecule has 2 heterocycles. The molecule has 6 aliphatic rings. The van der Waals surface area contributed by atoms with Gasteiger partial charge in [-0.05, 0) is 121 Å². The Labute approximate surface area is 331 Å². The highest BCUT2D eigenvalue weighted by molar-refractivity contribution is 7.91. The minimum absolute atomic E-state index is 0.0436. The van der Waals surface area contributed by atoms with Crippen LogP contribution in [0.5, 0.6) is 0 Å². The number of methoxy groups -OCH3 is 2. The van der Waals surface area contributed by atoms with Crippen molar-refractivity contribution < 1.29 is 27.8 Å². The highest BCUT2D eigenvalue weighted by atomic mass is 32.2. The Morgan fingerprint density at radius 3 is 2.24 bits per heavy atom. The van der Waals surface area contributed by atoms with E-state index in [1.54, 1.807) is 19.2 Å². The van der Waals surface area contributed by atoms with E-state index < -0.39 is 26.9 Å². The Morgan fingerprint density at radius 2 is 1.65 bits per heavy atom. The normalized spacial score (nSPS) is 41.6. The number of allylic oxidation sites excluding steroid dienone is 2. The third kappa shape index (κ3) is 6.24. The predicted molar refractivity (Wildman–Crippen MR) is 220 cm³/mol. The number of nitrogens with zero attached hydrogens (tertiary/aromatic N) is 2. The summed E-state index contributed by atoms with van der Waals surface area (Å²) < 4.78 is 36.7. The number of fused-ring (bicyclic) bond motifs is 5. The molecule has 1 aromatic rings. The lowest BCUT2D eigenvalue weighted by Crippen LogP contribution is -2.73. The fourth-order valence-corrected chi connectivity index (χ4v) is 15.5. The minimum Gasteiger partial charge on any atom is -0.478 e. The lowest BCUT2D eigenvalue weighted by atomic mass is 9.32. The van der Waals surface area contributed by atoms with E-state index in [9.17, 15) is 18.3 Å². The van der Waals surface area contributed by atoms with Gasteiger partial charge in [-0.3, -0.25) is 4.99 Å². The zero-order valence-corrected chi connectivity index (χ0v) is 36.0. The number of carboxylic acid groups (broad SMARTS) is 1. The molecule has 0 radical (unpaired) electrons. The average molecular weight is 780 g/mol. The van der Waals surface area contributed by atoms with E-state index in [0.29, 0.717) is 43.0 Å². The van der Waals surface area contributed by atoms with E-state index in [0.717, 1.165) is 50.8 Å². The van der Waals surface area contributed by atoms with Crippen LogP contribution in [0.25, 0.3) is 5.57 Å². The molecule has 0 bridgehead atoms. The van der Waals surface area contributed by atoms with Crippen molar-refractivity contribution in [3.05, 3.63) is 41.5 Å². The van der Waals surface area contributed by atoms with E-state index in [1.165, 1.54) is 24.8 Å². The Kier molecular flexibility index (Phi) is 10.5. The molecule has 7 rings (SSSR count). The van der Waals surface area contributed by atoms with Crippen LogP contribution in [0.3, 0.4) is 0 Å². The first-order valence-electron chi connectivity index (χ1n) is 21.1. The summed E-state index contributed by atoms with van der Waals surface area (Å²) in [6, 6.07) is 7.54. The van der Waals surface area contributed by atoms with Crippen LogP contribution in [0.4, 0.5) is 0 Å². The number of aromatic carboxylic acids is 1. The fraction of sp³-hybridized carbons (Fsp3) is 0.778. The van der Waals surface area contributed by atoms with Crippen LogP contribution in [0.2, 0.25) is 0 Å². The van der Waals surface area contributed by atoms with Gasteiger partial charge in [0.25, 0.3) is 0 Å². The third-order valence-electron chi connectivity index (χ3n) is 17.6. The van der Waals surface area contributed by atoms with Crippen molar-refractivity contribution in [1.29, 1.82) is 0 Å². The molecule has 10 atom stereocenters. The first-order chi connectivity index (χ1) is 25.8. The fourth-order valence-electron chi connectivity index (χ4n) is 14.2. The smallest absolute Gasteiger partial charge is 0.335 e. The van der Waals surface area contributed by atoms with E-state index in [1.807, 2.05) is 19.2 Å². The summed E-state index contributed by atoms with van der Waals surface area (Å²) in [6.45, 7) is 20.7. The van der Waals surface area contributed by atoms with Crippen molar-refractivity contribution >= 4 is 27.6 Å². The van der Waals surface area contributed by atoms with Gasteiger partial charge in [-0.1, -0.05) is 59.8 Å². The quantitative estimate of drug-likeness (QED) is 0.226. The molecular formula is C45H69N3O6S. The SMILES string of the molecule is CCC1(NCCN2CCS(=O)(=O)CC2)CCC2(C)C(CCC3C4(C)CC=C(c5ccc(C(=O)O)cc5)C(C)(C)C4CCC32C)C1C1(C(C)(COC)OC)C=N1. The number of hydrogen-bond acceptors (Lipinski definition) is 8. The van der Waals surface area contributed by atoms with E-state index in [2.05, 4.69) is 71.0 Å². The second kappa shape index (κ2) is 14.0. The second-order valence-corrected chi connectivity index (χ2v) is 22.3. The van der Waals surface area contributed by atoms with Gasteiger partial charge in [0.05, 0.1) is 23.7 Å². The number of hydrogen-bond donors (Lipinski definition) is 2. The summed E-state index contributed by atoms with van der Waals surface area (Å²) >= 11 is 0. The van der Waals surface area contributed by atoms with E-state index in [4.69, 9.17) is 14.5 Å². The van der Waals surface area contributed by atoms with Crippen molar-refractivity contribution in [3.8, 4) is 0 Å². The molecular weight excluding hydrogens is 711 g/mol. The number of nitrogens with one attached hydrogen (secondary N) is 1. The molecule has 2 aliphatic heterocycles. The molecule has 10 heteroatoms. The van der Waals surface area contributed by atoms with Crippen LogP contribution in [-0.4, -0.2) is 106 Å². The standard InChI is InChI=1S/C45H69N3O6S/c1-10-44(46-23-24-48-25-27-55(51,52)28-26-48)22-21-41(5)34(37(44)45(29-47-45)43(7,54-9)30-53-8)15-16-36-40(4)19-17-33(31-11-13-32(14-12-31)38(49)50)39(2,3)35(40)18-20-42(36,41)6/h11-14,17,29,34-37,46H,10,15-16,18-28,30H2,1-9H3,(H,49,50). The maximum atomic E-state index is 12.2. The van der Waals surface area contributed by atoms with Crippen molar-refractivity contribution in [2.75, 3.05) is 58.5 Å². The molecule has 0 spiro atoms. The van der Waals surface area contributed by atoms with Gasteiger partial charge in [0.1, 0.15) is 11.1 Å². The Bertz CT molecular complexity index is 1790. The molecule has 3 saturated carbocycles. The number of rotatable bonds is 12. The van der Waals surface area contributed by atoms with E-state index >= 15 is 0 Å². The maximum Gasteiger partial charge on any atom is 0.335 e. The van der Waals surface area contributed by atoms with Gasteiger partial charge in [-0.15, -0.1) is 0 Å². The maximum absolute atomic E-state index is 12.2. The van der Waals surface area contributed by atoms with Gasteiger partial charge in [-0.25, -0.2) is 13.2 Å². The lowest BCUT2D eigenvalue weighted by molar-refractivity contribution is -0.231.